The number of anilines is 1. The number of hydrogen-bond acceptors (Lipinski definition) is 3. The van der Waals surface area contributed by atoms with Gasteiger partial charge in [0.1, 0.15) is 11.5 Å². The van der Waals surface area contributed by atoms with Crippen LogP contribution in [0, 0.1) is 11.8 Å². The van der Waals surface area contributed by atoms with Crippen LogP contribution in [0.5, 0.6) is 11.5 Å². The Balaban J connectivity index is 1.46. The molecule has 0 saturated heterocycles. The van der Waals surface area contributed by atoms with Gasteiger partial charge in [0.2, 0.25) is 5.91 Å². The van der Waals surface area contributed by atoms with Crippen molar-refractivity contribution in [3.63, 3.8) is 0 Å². The highest BCUT2D eigenvalue weighted by Gasteiger charge is 2.33. The number of fused-ring (bicyclic) bond motifs is 1. The summed E-state index contributed by atoms with van der Waals surface area (Å²) in [5, 5.41) is 14.3. The number of carboxylic acids is 1. The van der Waals surface area contributed by atoms with Gasteiger partial charge in [0.05, 0.1) is 11.8 Å². The minimum absolute atomic E-state index is 0.274. The molecule has 4 rings (SSSR count). The van der Waals surface area contributed by atoms with Crippen LogP contribution in [0.25, 0.3) is 10.8 Å². The molecule has 0 bridgehead atoms. The maximum absolute atomic E-state index is 12.6. The van der Waals surface area contributed by atoms with E-state index in [1.165, 1.54) is 0 Å². The highest BCUT2D eigenvalue weighted by Crippen LogP contribution is 2.31. The number of carbonyl (C=O) groups excluding carboxylic acids is 1. The second kappa shape index (κ2) is 8.19. The SMILES string of the molecule is O=C(O)[C@@H]1CC=CC[C@H]1C(=O)Nc1ccc(Oc2cccc3ccccc23)cc1. The van der Waals surface area contributed by atoms with Gasteiger partial charge in [-0.3, -0.25) is 9.59 Å². The van der Waals surface area contributed by atoms with Crippen molar-refractivity contribution in [1.29, 1.82) is 0 Å². The summed E-state index contributed by atoms with van der Waals surface area (Å²) in [5.74, 6) is -1.04. The Morgan fingerprint density at radius 2 is 1.55 bits per heavy atom. The predicted molar refractivity (Wildman–Crippen MR) is 112 cm³/mol. The van der Waals surface area contributed by atoms with Gasteiger partial charge in [0, 0.05) is 11.1 Å². The number of hydrogen-bond donors (Lipinski definition) is 2. The lowest BCUT2D eigenvalue weighted by molar-refractivity contribution is -0.146. The van der Waals surface area contributed by atoms with Gasteiger partial charge in [-0.1, -0.05) is 48.6 Å². The number of aliphatic carboxylic acids is 1. The van der Waals surface area contributed by atoms with E-state index in [-0.39, 0.29) is 5.91 Å². The van der Waals surface area contributed by atoms with Crippen molar-refractivity contribution in [2.45, 2.75) is 12.8 Å². The van der Waals surface area contributed by atoms with Crippen LogP contribution >= 0.6 is 0 Å². The van der Waals surface area contributed by atoms with Crippen LogP contribution in [0.15, 0.2) is 78.9 Å². The number of carboxylic acid groups (broad SMARTS) is 1. The summed E-state index contributed by atoms with van der Waals surface area (Å²) >= 11 is 0. The zero-order valence-electron chi connectivity index (χ0n) is 15.7. The molecule has 1 amide bonds. The van der Waals surface area contributed by atoms with Gasteiger partial charge >= 0.3 is 5.97 Å². The molecule has 5 nitrogen and oxygen atoms in total. The molecule has 0 heterocycles. The van der Waals surface area contributed by atoms with Crippen molar-refractivity contribution in [2.24, 2.45) is 11.8 Å². The highest BCUT2D eigenvalue weighted by atomic mass is 16.5. The lowest BCUT2D eigenvalue weighted by Gasteiger charge is -2.24. The van der Waals surface area contributed by atoms with Crippen LogP contribution in [0.3, 0.4) is 0 Å². The molecule has 3 aromatic carbocycles. The maximum atomic E-state index is 12.6. The van der Waals surface area contributed by atoms with E-state index in [9.17, 15) is 14.7 Å². The molecule has 1 aliphatic rings. The Hall–Kier alpha value is -3.60. The second-order valence-corrected chi connectivity index (χ2v) is 7.09. The summed E-state index contributed by atoms with van der Waals surface area (Å²) in [7, 11) is 0. The van der Waals surface area contributed by atoms with E-state index in [0.29, 0.717) is 24.3 Å². The van der Waals surface area contributed by atoms with E-state index in [4.69, 9.17) is 4.74 Å². The molecule has 2 N–H and O–H groups in total. The zero-order chi connectivity index (χ0) is 20.2. The van der Waals surface area contributed by atoms with E-state index in [1.807, 2.05) is 54.6 Å². The van der Waals surface area contributed by atoms with E-state index >= 15 is 0 Å². The number of rotatable bonds is 5. The van der Waals surface area contributed by atoms with Crippen LogP contribution in [0.2, 0.25) is 0 Å². The summed E-state index contributed by atoms with van der Waals surface area (Å²) in [6.45, 7) is 0. The minimum atomic E-state index is -0.937. The quantitative estimate of drug-likeness (QED) is 0.587. The van der Waals surface area contributed by atoms with Crippen LogP contribution in [0.4, 0.5) is 5.69 Å². The molecule has 0 saturated carbocycles. The van der Waals surface area contributed by atoms with Crippen molar-refractivity contribution in [3.05, 3.63) is 78.9 Å². The van der Waals surface area contributed by atoms with Crippen LogP contribution in [0.1, 0.15) is 12.8 Å². The fourth-order valence-corrected chi connectivity index (χ4v) is 3.63. The third-order valence-corrected chi connectivity index (χ3v) is 5.19. The normalized spacial score (nSPS) is 18.3. The molecular formula is C24H21NO4. The number of nitrogens with one attached hydrogen (secondary N) is 1. The number of ether oxygens (including phenoxy) is 1. The molecule has 3 aromatic rings. The molecule has 0 aromatic heterocycles. The van der Waals surface area contributed by atoms with Gasteiger partial charge in [0.25, 0.3) is 0 Å². The molecule has 0 radical (unpaired) electrons. The Kier molecular flexibility index (Phi) is 5.29. The number of benzene rings is 3. The fraction of sp³-hybridized carbons (Fsp3) is 0.167. The van der Waals surface area contributed by atoms with Gasteiger partial charge in [-0.2, -0.15) is 0 Å². The van der Waals surface area contributed by atoms with E-state index in [0.717, 1.165) is 16.5 Å². The Morgan fingerprint density at radius 3 is 2.31 bits per heavy atom. The predicted octanol–water partition coefficient (Wildman–Crippen LogP) is 5.24. The molecule has 2 atom stereocenters. The number of carbonyl (C=O) groups is 2. The fourth-order valence-electron chi connectivity index (χ4n) is 3.63. The third-order valence-electron chi connectivity index (χ3n) is 5.19. The molecule has 146 valence electrons. The zero-order valence-corrected chi connectivity index (χ0v) is 15.7. The van der Waals surface area contributed by atoms with Crippen LogP contribution in [-0.4, -0.2) is 17.0 Å². The Morgan fingerprint density at radius 1 is 0.862 bits per heavy atom. The van der Waals surface area contributed by atoms with Crippen LogP contribution in [-0.2, 0) is 9.59 Å². The lowest BCUT2D eigenvalue weighted by Crippen LogP contribution is -2.34. The average Bonchev–Trinajstić information content (AvgIpc) is 2.75. The largest absolute Gasteiger partial charge is 0.481 e. The second-order valence-electron chi connectivity index (χ2n) is 7.09. The molecule has 0 fully saturated rings. The average molecular weight is 387 g/mol. The van der Waals surface area contributed by atoms with E-state index < -0.39 is 17.8 Å². The summed E-state index contributed by atoms with van der Waals surface area (Å²) in [4.78, 5) is 24.0. The molecular weight excluding hydrogens is 366 g/mol. The molecule has 1 aliphatic carbocycles. The Labute approximate surface area is 168 Å². The van der Waals surface area contributed by atoms with Gasteiger partial charge < -0.3 is 15.2 Å². The van der Waals surface area contributed by atoms with Gasteiger partial charge in [0.15, 0.2) is 0 Å². The number of allylic oxidation sites excluding steroid dienone is 2. The van der Waals surface area contributed by atoms with Crippen molar-refractivity contribution in [3.8, 4) is 11.5 Å². The lowest BCUT2D eigenvalue weighted by atomic mass is 9.82. The highest BCUT2D eigenvalue weighted by molar-refractivity contribution is 5.95. The Bertz CT molecular complexity index is 1070. The van der Waals surface area contributed by atoms with E-state index in [2.05, 4.69) is 5.32 Å². The molecule has 0 aliphatic heterocycles. The maximum Gasteiger partial charge on any atom is 0.307 e. The first-order valence-corrected chi connectivity index (χ1v) is 9.56. The monoisotopic (exact) mass is 387 g/mol. The first-order chi connectivity index (χ1) is 14.1. The third kappa shape index (κ3) is 4.14. The molecule has 29 heavy (non-hydrogen) atoms. The van der Waals surface area contributed by atoms with E-state index in [1.54, 1.807) is 24.3 Å². The van der Waals surface area contributed by atoms with Gasteiger partial charge in [-0.15, -0.1) is 0 Å². The van der Waals surface area contributed by atoms with Crippen molar-refractivity contribution < 1.29 is 19.4 Å². The first-order valence-electron chi connectivity index (χ1n) is 9.56. The summed E-state index contributed by atoms with van der Waals surface area (Å²) in [6, 6.07) is 21.0. The van der Waals surface area contributed by atoms with Crippen molar-refractivity contribution in [2.75, 3.05) is 5.32 Å². The number of amides is 1. The van der Waals surface area contributed by atoms with Crippen molar-refractivity contribution in [1.82, 2.24) is 0 Å². The molecule has 0 spiro atoms. The smallest absolute Gasteiger partial charge is 0.307 e. The van der Waals surface area contributed by atoms with Gasteiger partial charge in [-0.05, 0) is 48.6 Å². The summed E-state index contributed by atoms with van der Waals surface area (Å²) < 4.78 is 6.02. The first kappa shape index (κ1) is 18.7. The summed E-state index contributed by atoms with van der Waals surface area (Å²) in [5.41, 5.74) is 0.610. The molecule has 0 unspecified atom stereocenters. The van der Waals surface area contributed by atoms with Gasteiger partial charge in [-0.25, -0.2) is 0 Å². The van der Waals surface area contributed by atoms with Crippen LogP contribution < -0.4 is 10.1 Å². The minimum Gasteiger partial charge on any atom is -0.481 e. The van der Waals surface area contributed by atoms with Crippen molar-refractivity contribution >= 4 is 28.3 Å². The standard InChI is InChI=1S/C24H21NO4/c26-23(20-9-3-4-10-21(20)24(27)28)25-17-12-14-18(15-13-17)29-22-11-5-7-16-6-1-2-8-19(16)22/h1-8,11-15,20-21H,9-10H2,(H,25,26)(H,27,28)/t20-,21-/m1/s1. The topological polar surface area (TPSA) is 75.6 Å². The molecule has 5 heteroatoms. The summed E-state index contributed by atoms with van der Waals surface area (Å²) in [6.07, 6.45) is 4.50.